The fraction of sp³-hybridized carbons (Fsp3) is 0.385. The van der Waals surface area contributed by atoms with E-state index in [4.69, 9.17) is 16.0 Å². The quantitative estimate of drug-likeness (QED) is 0.885. The van der Waals surface area contributed by atoms with Gasteiger partial charge in [-0.2, -0.15) is 0 Å². The van der Waals surface area contributed by atoms with Crippen molar-refractivity contribution in [3.63, 3.8) is 0 Å². The van der Waals surface area contributed by atoms with Crippen LogP contribution in [0, 0.1) is 13.8 Å². The van der Waals surface area contributed by atoms with Gasteiger partial charge in [-0.1, -0.05) is 11.6 Å². The molecular weight excluding hydrogens is 222 g/mol. The number of rotatable bonds is 3. The Bertz CT molecular complexity index is 516. The number of likely N-dealkylation sites (N-methyl/N-ethyl adjacent to an activating group) is 1. The number of nitrogens with one attached hydrogen (secondary N) is 1. The molecular formula is C13H16ClNO. The Morgan fingerprint density at radius 1 is 1.38 bits per heavy atom. The normalized spacial score (nSPS) is 11.2. The molecule has 3 heteroatoms. The first kappa shape index (κ1) is 11.5. The van der Waals surface area contributed by atoms with Crippen LogP contribution in [0.5, 0.6) is 0 Å². The zero-order valence-corrected chi connectivity index (χ0v) is 10.6. The van der Waals surface area contributed by atoms with E-state index in [-0.39, 0.29) is 0 Å². The van der Waals surface area contributed by atoms with E-state index in [0.29, 0.717) is 0 Å². The van der Waals surface area contributed by atoms with E-state index in [0.717, 1.165) is 34.7 Å². The topological polar surface area (TPSA) is 25.2 Å². The first-order valence-electron chi connectivity index (χ1n) is 5.45. The molecule has 2 nitrogen and oxygen atoms in total. The predicted octanol–water partition coefficient (Wildman–Crippen LogP) is 3.46. The fourth-order valence-corrected chi connectivity index (χ4v) is 2.20. The lowest BCUT2D eigenvalue weighted by Crippen LogP contribution is -2.10. The van der Waals surface area contributed by atoms with Crippen LogP contribution in [-0.4, -0.2) is 13.6 Å². The zero-order valence-electron chi connectivity index (χ0n) is 9.86. The summed E-state index contributed by atoms with van der Waals surface area (Å²) in [5, 5.41) is 5.16. The second-order valence-electron chi connectivity index (χ2n) is 4.12. The Balaban J connectivity index is 2.57. The van der Waals surface area contributed by atoms with Crippen LogP contribution in [0.4, 0.5) is 0 Å². The largest absolute Gasteiger partial charge is 0.464 e. The van der Waals surface area contributed by atoms with E-state index in [1.54, 1.807) is 0 Å². The van der Waals surface area contributed by atoms with Crippen LogP contribution in [0.1, 0.15) is 16.7 Å². The van der Waals surface area contributed by atoms with Gasteiger partial charge < -0.3 is 9.73 Å². The van der Waals surface area contributed by atoms with Gasteiger partial charge in [-0.15, -0.1) is 0 Å². The molecule has 2 rings (SSSR count). The van der Waals surface area contributed by atoms with Crippen LogP contribution in [0.2, 0.25) is 5.02 Å². The van der Waals surface area contributed by atoms with Gasteiger partial charge in [-0.3, -0.25) is 0 Å². The highest BCUT2D eigenvalue weighted by atomic mass is 35.5. The molecule has 0 aliphatic heterocycles. The molecule has 2 aromatic rings. The standard InChI is InChI=1S/C13H16ClNO/c1-8-6-11-12(9(2)13(8)14)10(7-16-11)4-5-15-3/h6-7,15H,4-5H2,1-3H3. The van der Waals surface area contributed by atoms with Crippen LogP contribution in [0.25, 0.3) is 11.0 Å². The Hall–Kier alpha value is -0.990. The monoisotopic (exact) mass is 237 g/mol. The van der Waals surface area contributed by atoms with Crippen LogP contribution in [-0.2, 0) is 6.42 Å². The maximum absolute atomic E-state index is 6.26. The van der Waals surface area contributed by atoms with E-state index in [2.05, 4.69) is 12.2 Å². The van der Waals surface area contributed by atoms with E-state index in [1.165, 1.54) is 10.9 Å². The van der Waals surface area contributed by atoms with Gasteiger partial charge in [0.2, 0.25) is 0 Å². The summed E-state index contributed by atoms with van der Waals surface area (Å²) in [6.45, 7) is 5.00. The van der Waals surface area contributed by atoms with Crippen LogP contribution in [0.3, 0.4) is 0 Å². The third-order valence-corrected chi connectivity index (χ3v) is 3.52. The summed E-state index contributed by atoms with van der Waals surface area (Å²) in [4.78, 5) is 0. The molecule has 0 radical (unpaired) electrons. The van der Waals surface area contributed by atoms with Gasteiger partial charge >= 0.3 is 0 Å². The van der Waals surface area contributed by atoms with Crippen molar-refractivity contribution in [2.45, 2.75) is 20.3 Å². The van der Waals surface area contributed by atoms with Crippen molar-refractivity contribution in [1.29, 1.82) is 0 Å². The van der Waals surface area contributed by atoms with Crippen molar-refractivity contribution < 1.29 is 4.42 Å². The van der Waals surface area contributed by atoms with Gasteiger partial charge in [0.1, 0.15) is 5.58 Å². The van der Waals surface area contributed by atoms with E-state index >= 15 is 0 Å². The summed E-state index contributed by atoms with van der Waals surface area (Å²) in [5.74, 6) is 0. The Kier molecular flexibility index (Phi) is 3.22. The average molecular weight is 238 g/mol. The third kappa shape index (κ3) is 1.83. The molecule has 1 heterocycles. The minimum atomic E-state index is 0.847. The van der Waals surface area contributed by atoms with Crippen molar-refractivity contribution in [1.82, 2.24) is 5.32 Å². The lowest BCUT2D eigenvalue weighted by Gasteiger charge is -2.05. The molecule has 0 unspecified atom stereocenters. The summed E-state index contributed by atoms with van der Waals surface area (Å²) in [6.07, 6.45) is 2.80. The van der Waals surface area contributed by atoms with E-state index < -0.39 is 0 Å². The van der Waals surface area contributed by atoms with Crippen molar-refractivity contribution in [2.75, 3.05) is 13.6 Å². The number of hydrogen-bond acceptors (Lipinski definition) is 2. The molecule has 0 aliphatic rings. The molecule has 0 saturated heterocycles. The smallest absolute Gasteiger partial charge is 0.134 e. The number of furan rings is 1. The Morgan fingerprint density at radius 3 is 2.81 bits per heavy atom. The first-order chi connectivity index (χ1) is 7.65. The minimum Gasteiger partial charge on any atom is -0.464 e. The fourth-order valence-electron chi connectivity index (χ4n) is 2.05. The third-order valence-electron chi connectivity index (χ3n) is 2.94. The van der Waals surface area contributed by atoms with Crippen LogP contribution >= 0.6 is 11.6 Å². The average Bonchev–Trinajstić information content (AvgIpc) is 2.66. The van der Waals surface area contributed by atoms with Crippen LogP contribution < -0.4 is 5.32 Å². The lowest BCUT2D eigenvalue weighted by atomic mass is 10.0. The lowest BCUT2D eigenvalue weighted by molar-refractivity contribution is 0.608. The van der Waals surface area contributed by atoms with Gasteiger partial charge in [-0.05, 0) is 56.6 Å². The van der Waals surface area contributed by atoms with E-state index in [9.17, 15) is 0 Å². The highest BCUT2D eigenvalue weighted by Gasteiger charge is 2.12. The molecule has 0 amide bonds. The molecule has 16 heavy (non-hydrogen) atoms. The zero-order chi connectivity index (χ0) is 11.7. The molecule has 0 atom stereocenters. The number of halogens is 1. The Morgan fingerprint density at radius 2 is 2.12 bits per heavy atom. The summed E-state index contributed by atoms with van der Waals surface area (Å²) >= 11 is 6.26. The van der Waals surface area contributed by atoms with Gasteiger partial charge in [0, 0.05) is 10.4 Å². The molecule has 0 bridgehead atoms. The minimum absolute atomic E-state index is 0.847. The summed E-state index contributed by atoms with van der Waals surface area (Å²) in [6, 6.07) is 2.01. The van der Waals surface area contributed by atoms with Crippen molar-refractivity contribution in [3.8, 4) is 0 Å². The van der Waals surface area contributed by atoms with Crippen LogP contribution in [0.15, 0.2) is 16.7 Å². The first-order valence-corrected chi connectivity index (χ1v) is 5.83. The maximum atomic E-state index is 6.26. The maximum Gasteiger partial charge on any atom is 0.134 e. The Labute approximate surface area is 101 Å². The second kappa shape index (κ2) is 4.48. The highest BCUT2D eigenvalue weighted by Crippen LogP contribution is 2.32. The molecule has 86 valence electrons. The molecule has 0 spiro atoms. The molecule has 1 N–H and O–H groups in total. The summed E-state index contributed by atoms with van der Waals surface area (Å²) in [5.41, 5.74) is 4.35. The van der Waals surface area contributed by atoms with Crippen molar-refractivity contribution in [2.24, 2.45) is 0 Å². The summed E-state index contributed by atoms with van der Waals surface area (Å²) in [7, 11) is 1.95. The SMILES string of the molecule is CNCCc1coc2cc(C)c(Cl)c(C)c12. The number of aryl methyl sites for hydroxylation is 2. The molecule has 0 aliphatic carbocycles. The predicted molar refractivity (Wildman–Crippen MR) is 68.3 cm³/mol. The van der Waals surface area contributed by atoms with Gasteiger partial charge in [-0.25, -0.2) is 0 Å². The second-order valence-corrected chi connectivity index (χ2v) is 4.50. The summed E-state index contributed by atoms with van der Waals surface area (Å²) < 4.78 is 5.58. The molecule has 1 aromatic heterocycles. The van der Waals surface area contributed by atoms with E-state index in [1.807, 2.05) is 26.3 Å². The number of benzene rings is 1. The highest BCUT2D eigenvalue weighted by molar-refractivity contribution is 6.33. The number of hydrogen-bond donors (Lipinski definition) is 1. The van der Waals surface area contributed by atoms with Gasteiger partial charge in [0.05, 0.1) is 6.26 Å². The van der Waals surface area contributed by atoms with Gasteiger partial charge in [0.15, 0.2) is 0 Å². The van der Waals surface area contributed by atoms with Gasteiger partial charge in [0.25, 0.3) is 0 Å². The van der Waals surface area contributed by atoms with Crippen molar-refractivity contribution >= 4 is 22.6 Å². The van der Waals surface area contributed by atoms with Crippen molar-refractivity contribution in [3.05, 3.63) is 34.0 Å². The molecule has 0 fully saturated rings. The molecule has 1 aromatic carbocycles. The molecule has 0 saturated carbocycles. The number of fused-ring (bicyclic) bond motifs is 1.